The van der Waals surface area contributed by atoms with E-state index in [4.69, 9.17) is 5.73 Å². The van der Waals surface area contributed by atoms with Gasteiger partial charge in [-0.15, -0.1) is 0 Å². The van der Waals surface area contributed by atoms with Crippen LogP contribution in [0.2, 0.25) is 0 Å². The van der Waals surface area contributed by atoms with Crippen LogP contribution < -0.4 is 5.73 Å². The highest BCUT2D eigenvalue weighted by molar-refractivity contribution is 5.21. The second kappa shape index (κ2) is 6.33. The van der Waals surface area contributed by atoms with Crippen molar-refractivity contribution < 1.29 is 4.39 Å². The largest absolute Gasteiger partial charge is 0.324 e. The van der Waals surface area contributed by atoms with Gasteiger partial charge < -0.3 is 5.73 Å². The summed E-state index contributed by atoms with van der Waals surface area (Å²) >= 11 is 0. The fourth-order valence-electron chi connectivity index (χ4n) is 3.24. The SMILES string of the molecule is CCCC1CCC(C(N)c2ccccc2F)CC1. The molecule has 0 radical (unpaired) electrons. The van der Waals surface area contributed by atoms with Crippen molar-refractivity contribution in [2.45, 2.75) is 51.5 Å². The van der Waals surface area contributed by atoms with Crippen molar-refractivity contribution in [3.63, 3.8) is 0 Å². The molecular formula is C16H24FN. The zero-order valence-electron chi connectivity index (χ0n) is 11.2. The van der Waals surface area contributed by atoms with Gasteiger partial charge in [0.25, 0.3) is 0 Å². The lowest BCUT2D eigenvalue weighted by Gasteiger charge is -2.32. The van der Waals surface area contributed by atoms with Crippen molar-refractivity contribution in [1.29, 1.82) is 0 Å². The first-order chi connectivity index (χ1) is 8.72. The number of nitrogens with two attached hydrogens (primary N) is 1. The van der Waals surface area contributed by atoms with Crippen molar-refractivity contribution >= 4 is 0 Å². The van der Waals surface area contributed by atoms with Crippen LogP contribution in [0, 0.1) is 17.7 Å². The minimum atomic E-state index is -0.152. The topological polar surface area (TPSA) is 26.0 Å². The van der Waals surface area contributed by atoms with Crippen LogP contribution in [0.1, 0.15) is 57.1 Å². The molecule has 1 saturated carbocycles. The summed E-state index contributed by atoms with van der Waals surface area (Å²) in [4.78, 5) is 0. The zero-order valence-corrected chi connectivity index (χ0v) is 11.2. The Hall–Kier alpha value is -0.890. The van der Waals surface area contributed by atoms with Gasteiger partial charge in [-0.3, -0.25) is 0 Å². The van der Waals surface area contributed by atoms with Gasteiger partial charge in [0.05, 0.1) is 0 Å². The average molecular weight is 249 g/mol. The minimum Gasteiger partial charge on any atom is -0.324 e. The van der Waals surface area contributed by atoms with Crippen molar-refractivity contribution in [3.8, 4) is 0 Å². The lowest BCUT2D eigenvalue weighted by molar-refractivity contribution is 0.232. The Labute approximate surface area is 110 Å². The third-order valence-electron chi connectivity index (χ3n) is 4.36. The van der Waals surface area contributed by atoms with Crippen molar-refractivity contribution in [1.82, 2.24) is 0 Å². The molecule has 2 N–H and O–H groups in total. The van der Waals surface area contributed by atoms with E-state index in [9.17, 15) is 4.39 Å². The first-order valence-electron chi connectivity index (χ1n) is 7.22. The van der Waals surface area contributed by atoms with Crippen molar-refractivity contribution in [3.05, 3.63) is 35.6 Å². The molecule has 0 saturated heterocycles. The molecule has 1 fully saturated rings. The van der Waals surface area contributed by atoms with E-state index in [0.29, 0.717) is 11.5 Å². The highest BCUT2D eigenvalue weighted by atomic mass is 19.1. The fourth-order valence-corrected chi connectivity index (χ4v) is 3.24. The molecule has 100 valence electrons. The number of hydrogen-bond donors (Lipinski definition) is 1. The molecule has 1 aromatic carbocycles. The van der Waals surface area contributed by atoms with Crippen LogP contribution in [0.3, 0.4) is 0 Å². The molecule has 1 unspecified atom stereocenters. The number of halogens is 1. The van der Waals surface area contributed by atoms with E-state index in [0.717, 1.165) is 18.8 Å². The summed E-state index contributed by atoms with van der Waals surface area (Å²) in [5, 5.41) is 0. The van der Waals surface area contributed by atoms with Crippen molar-refractivity contribution in [2.75, 3.05) is 0 Å². The molecule has 1 aliphatic carbocycles. The second-order valence-electron chi connectivity index (χ2n) is 5.62. The van der Waals surface area contributed by atoms with Crippen LogP contribution in [-0.4, -0.2) is 0 Å². The first kappa shape index (κ1) is 13.5. The Bertz CT molecular complexity index is 369. The second-order valence-corrected chi connectivity index (χ2v) is 5.62. The van der Waals surface area contributed by atoms with Crippen LogP contribution in [0.5, 0.6) is 0 Å². The van der Waals surface area contributed by atoms with E-state index in [1.54, 1.807) is 6.07 Å². The predicted octanol–water partition coefficient (Wildman–Crippen LogP) is 4.43. The van der Waals surface area contributed by atoms with Crippen LogP contribution in [-0.2, 0) is 0 Å². The molecule has 0 bridgehead atoms. The van der Waals surface area contributed by atoms with Gasteiger partial charge in [0.15, 0.2) is 0 Å². The molecular weight excluding hydrogens is 225 g/mol. The van der Waals surface area contributed by atoms with Gasteiger partial charge in [-0.2, -0.15) is 0 Å². The van der Waals surface area contributed by atoms with Crippen LogP contribution in [0.4, 0.5) is 4.39 Å². The molecule has 2 rings (SSSR count). The molecule has 0 heterocycles. The van der Waals surface area contributed by atoms with Gasteiger partial charge >= 0.3 is 0 Å². The van der Waals surface area contributed by atoms with Gasteiger partial charge in [-0.1, -0.05) is 50.8 Å². The maximum absolute atomic E-state index is 13.7. The van der Waals surface area contributed by atoms with E-state index >= 15 is 0 Å². The summed E-state index contributed by atoms with van der Waals surface area (Å²) in [6.45, 7) is 2.25. The molecule has 1 atom stereocenters. The molecule has 0 spiro atoms. The quantitative estimate of drug-likeness (QED) is 0.839. The Balaban J connectivity index is 1.95. The number of hydrogen-bond acceptors (Lipinski definition) is 1. The van der Waals surface area contributed by atoms with Gasteiger partial charge in [-0.05, 0) is 30.7 Å². The van der Waals surface area contributed by atoms with Gasteiger partial charge in [-0.25, -0.2) is 4.39 Å². The summed E-state index contributed by atoms with van der Waals surface area (Å²) in [5.41, 5.74) is 6.94. The molecule has 0 aliphatic heterocycles. The predicted molar refractivity (Wildman–Crippen MR) is 73.7 cm³/mol. The highest BCUT2D eigenvalue weighted by Gasteiger charge is 2.27. The molecule has 1 aromatic rings. The van der Waals surface area contributed by atoms with E-state index < -0.39 is 0 Å². The summed E-state index contributed by atoms with van der Waals surface area (Å²) < 4.78 is 13.7. The third kappa shape index (κ3) is 3.11. The Kier molecular flexibility index (Phi) is 4.76. The van der Waals surface area contributed by atoms with Crippen molar-refractivity contribution in [2.24, 2.45) is 17.6 Å². The molecule has 18 heavy (non-hydrogen) atoms. The summed E-state index contributed by atoms with van der Waals surface area (Å²) in [6.07, 6.45) is 7.44. The third-order valence-corrected chi connectivity index (χ3v) is 4.36. The zero-order chi connectivity index (χ0) is 13.0. The van der Waals surface area contributed by atoms with Gasteiger partial charge in [0.2, 0.25) is 0 Å². The van der Waals surface area contributed by atoms with Crippen LogP contribution >= 0.6 is 0 Å². The number of rotatable bonds is 4. The molecule has 1 aliphatic rings. The Morgan fingerprint density at radius 2 is 1.89 bits per heavy atom. The summed E-state index contributed by atoms with van der Waals surface area (Å²) in [5.74, 6) is 1.18. The first-order valence-corrected chi connectivity index (χ1v) is 7.22. The molecule has 2 heteroatoms. The van der Waals surface area contributed by atoms with E-state index in [-0.39, 0.29) is 11.9 Å². The van der Waals surface area contributed by atoms with E-state index in [2.05, 4.69) is 6.92 Å². The monoisotopic (exact) mass is 249 g/mol. The Morgan fingerprint density at radius 1 is 1.22 bits per heavy atom. The lowest BCUT2D eigenvalue weighted by atomic mass is 9.76. The lowest BCUT2D eigenvalue weighted by Crippen LogP contribution is -2.26. The van der Waals surface area contributed by atoms with Crippen LogP contribution in [0.15, 0.2) is 24.3 Å². The molecule has 1 nitrogen and oxygen atoms in total. The standard InChI is InChI=1S/C16H24FN/c1-2-5-12-8-10-13(11-9-12)16(18)14-6-3-4-7-15(14)17/h3-4,6-7,12-13,16H,2,5,8-11,18H2,1H3. The van der Waals surface area contributed by atoms with Gasteiger partial charge in [0, 0.05) is 11.6 Å². The maximum atomic E-state index is 13.7. The van der Waals surface area contributed by atoms with Crippen LogP contribution in [0.25, 0.3) is 0 Å². The minimum absolute atomic E-state index is 0.131. The summed E-state index contributed by atoms with van der Waals surface area (Å²) in [6, 6.07) is 6.81. The fraction of sp³-hybridized carbons (Fsp3) is 0.625. The van der Waals surface area contributed by atoms with Gasteiger partial charge in [0.1, 0.15) is 5.82 Å². The molecule has 0 aromatic heterocycles. The number of benzene rings is 1. The highest BCUT2D eigenvalue weighted by Crippen LogP contribution is 2.37. The Morgan fingerprint density at radius 3 is 2.50 bits per heavy atom. The normalized spacial score (nSPS) is 25.9. The maximum Gasteiger partial charge on any atom is 0.127 e. The smallest absolute Gasteiger partial charge is 0.127 e. The molecule has 0 amide bonds. The van der Waals surface area contributed by atoms with E-state index in [1.807, 2.05) is 12.1 Å². The summed E-state index contributed by atoms with van der Waals surface area (Å²) in [7, 11) is 0. The van der Waals surface area contributed by atoms with E-state index in [1.165, 1.54) is 31.7 Å². The average Bonchev–Trinajstić information content (AvgIpc) is 2.40.